The van der Waals surface area contributed by atoms with Crippen molar-refractivity contribution >= 4 is 23.7 Å². The molecule has 0 aliphatic carbocycles. The molecular formula is C11H13NO4S. The summed E-state index contributed by atoms with van der Waals surface area (Å²) in [6.07, 6.45) is 1.15. The molecule has 5 nitrogen and oxygen atoms in total. The monoisotopic (exact) mass is 255 g/mol. The second-order valence-corrected chi connectivity index (χ2v) is 5.02. The molecule has 0 bridgehead atoms. The van der Waals surface area contributed by atoms with Gasteiger partial charge in [0.15, 0.2) is 0 Å². The van der Waals surface area contributed by atoms with E-state index in [0.29, 0.717) is 17.6 Å². The van der Waals surface area contributed by atoms with E-state index in [2.05, 4.69) is 0 Å². The number of carbonyl (C=O) groups excluding carboxylic acids is 1. The first-order chi connectivity index (χ1) is 8.08. The van der Waals surface area contributed by atoms with Crippen molar-refractivity contribution in [2.24, 2.45) is 0 Å². The van der Waals surface area contributed by atoms with Gasteiger partial charge in [0.2, 0.25) is 0 Å². The molecule has 0 aliphatic heterocycles. The number of nitrogens with zero attached hydrogens (tertiary/aromatic N) is 1. The summed E-state index contributed by atoms with van der Waals surface area (Å²) >= 11 is 1.32. The van der Waals surface area contributed by atoms with Crippen LogP contribution in [0.15, 0.2) is 23.1 Å². The molecule has 92 valence electrons. The van der Waals surface area contributed by atoms with Gasteiger partial charge in [0.25, 0.3) is 5.69 Å². The van der Waals surface area contributed by atoms with Crippen LogP contribution in [0.3, 0.4) is 0 Å². The van der Waals surface area contributed by atoms with E-state index in [0.717, 1.165) is 0 Å². The third-order valence-electron chi connectivity index (χ3n) is 2.18. The number of nitro benzene ring substituents is 1. The summed E-state index contributed by atoms with van der Waals surface area (Å²) in [5.41, 5.74) is 0.222. The highest BCUT2D eigenvalue weighted by atomic mass is 32.2. The molecule has 6 heteroatoms. The Bertz CT molecular complexity index is 422. The highest BCUT2D eigenvalue weighted by molar-refractivity contribution is 8.00. The van der Waals surface area contributed by atoms with Gasteiger partial charge in [0.1, 0.15) is 6.29 Å². The summed E-state index contributed by atoms with van der Waals surface area (Å²) in [5, 5.41) is 19.7. The molecule has 0 radical (unpaired) electrons. The van der Waals surface area contributed by atoms with E-state index in [-0.39, 0.29) is 23.1 Å². The van der Waals surface area contributed by atoms with Gasteiger partial charge in [-0.3, -0.25) is 14.9 Å². The highest BCUT2D eigenvalue weighted by Crippen LogP contribution is 2.33. The number of hydrogen-bond acceptors (Lipinski definition) is 5. The lowest BCUT2D eigenvalue weighted by atomic mass is 10.2. The molecule has 1 aromatic carbocycles. The van der Waals surface area contributed by atoms with E-state index < -0.39 is 4.92 Å². The van der Waals surface area contributed by atoms with Gasteiger partial charge in [-0.05, 0) is 12.5 Å². The molecule has 0 aliphatic rings. The third-order valence-corrected chi connectivity index (χ3v) is 3.42. The number of carbonyl (C=O) groups is 1. The van der Waals surface area contributed by atoms with Crippen molar-refractivity contribution in [3.05, 3.63) is 33.9 Å². The molecule has 0 spiro atoms. The molecule has 0 amide bonds. The topological polar surface area (TPSA) is 80.4 Å². The maximum Gasteiger partial charge on any atom is 0.283 e. The first kappa shape index (κ1) is 13.7. The number of thioether (sulfide) groups is 1. The minimum absolute atomic E-state index is 0.0500. The van der Waals surface area contributed by atoms with E-state index in [1.165, 1.54) is 17.8 Å². The van der Waals surface area contributed by atoms with Crippen LogP contribution in [0.4, 0.5) is 5.69 Å². The van der Waals surface area contributed by atoms with Crippen molar-refractivity contribution in [2.45, 2.75) is 23.5 Å². The molecular weight excluding hydrogens is 242 g/mol. The van der Waals surface area contributed by atoms with Gasteiger partial charge in [-0.25, -0.2) is 0 Å². The summed E-state index contributed by atoms with van der Waals surface area (Å²) in [4.78, 5) is 21.4. The van der Waals surface area contributed by atoms with Crippen LogP contribution in [-0.4, -0.2) is 28.2 Å². The van der Waals surface area contributed by atoms with E-state index in [4.69, 9.17) is 5.11 Å². The molecule has 0 saturated heterocycles. The Balaban J connectivity index is 2.98. The molecule has 1 atom stereocenters. The Morgan fingerprint density at radius 3 is 2.82 bits per heavy atom. The Labute approximate surface area is 103 Å². The summed E-state index contributed by atoms with van der Waals surface area (Å²) < 4.78 is 0. The molecule has 0 heterocycles. The maximum atomic E-state index is 10.9. The lowest BCUT2D eigenvalue weighted by molar-refractivity contribution is -0.387. The quantitative estimate of drug-likeness (QED) is 0.365. The molecule has 17 heavy (non-hydrogen) atoms. The smallest absolute Gasteiger partial charge is 0.283 e. The number of nitro groups is 1. The van der Waals surface area contributed by atoms with Crippen molar-refractivity contribution in [1.29, 1.82) is 0 Å². The van der Waals surface area contributed by atoms with Crippen molar-refractivity contribution < 1.29 is 14.8 Å². The van der Waals surface area contributed by atoms with Crippen LogP contribution in [-0.2, 0) is 0 Å². The maximum absolute atomic E-state index is 10.9. The van der Waals surface area contributed by atoms with Crippen molar-refractivity contribution in [3.63, 3.8) is 0 Å². The normalized spacial score (nSPS) is 12.1. The van der Waals surface area contributed by atoms with E-state index in [1.54, 1.807) is 12.1 Å². The summed E-state index contributed by atoms with van der Waals surface area (Å²) in [6.45, 7) is 1.94. The second kappa shape index (κ2) is 6.36. The van der Waals surface area contributed by atoms with E-state index >= 15 is 0 Å². The van der Waals surface area contributed by atoms with Crippen molar-refractivity contribution in [2.75, 3.05) is 6.61 Å². The van der Waals surface area contributed by atoms with Gasteiger partial charge in [-0.2, -0.15) is 0 Å². The van der Waals surface area contributed by atoms with Crippen LogP contribution in [0.25, 0.3) is 0 Å². The average molecular weight is 255 g/mol. The standard InChI is InChI=1S/C11H13NO4S/c1-8(4-5-13)17-11-3-2-9(7-14)6-10(11)12(15)16/h2-3,6-8,13H,4-5H2,1H3. The zero-order valence-corrected chi connectivity index (χ0v) is 10.1. The minimum atomic E-state index is -0.499. The second-order valence-electron chi connectivity index (χ2n) is 3.54. The average Bonchev–Trinajstić information content (AvgIpc) is 2.29. The van der Waals surface area contributed by atoms with Crippen LogP contribution >= 0.6 is 11.8 Å². The van der Waals surface area contributed by atoms with Crippen molar-refractivity contribution in [3.8, 4) is 0 Å². The Morgan fingerprint density at radius 1 is 1.59 bits per heavy atom. The van der Waals surface area contributed by atoms with E-state index in [9.17, 15) is 14.9 Å². The number of benzene rings is 1. The molecule has 0 fully saturated rings. The van der Waals surface area contributed by atoms with Crippen molar-refractivity contribution in [1.82, 2.24) is 0 Å². The Kier molecular flexibility index (Phi) is 5.11. The molecule has 1 aromatic rings. The number of aldehydes is 1. The lowest BCUT2D eigenvalue weighted by Gasteiger charge is -2.09. The van der Waals surface area contributed by atoms with Gasteiger partial charge in [-0.1, -0.05) is 13.0 Å². The number of aliphatic hydroxyl groups is 1. The predicted octanol–water partition coefficient (Wildman–Crippen LogP) is 2.27. The molecule has 0 saturated carbocycles. The zero-order chi connectivity index (χ0) is 12.8. The summed E-state index contributed by atoms with van der Waals surface area (Å²) in [7, 11) is 0. The summed E-state index contributed by atoms with van der Waals surface area (Å²) in [5.74, 6) is 0. The first-order valence-corrected chi connectivity index (χ1v) is 5.97. The van der Waals surface area contributed by atoms with Gasteiger partial charge in [-0.15, -0.1) is 11.8 Å². The SMILES string of the molecule is CC(CCO)Sc1ccc(C=O)cc1[N+](=O)[O-]. The van der Waals surface area contributed by atoms with Crippen LogP contribution < -0.4 is 0 Å². The van der Waals surface area contributed by atoms with E-state index in [1.807, 2.05) is 6.92 Å². The number of hydrogen-bond donors (Lipinski definition) is 1. The Morgan fingerprint density at radius 2 is 2.29 bits per heavy atom. The fraction of sp³-hybridized carbons (Fsp3) is 0.364. The lowest BCUT2D eigenvalue weighted by Crippen LogP contribution is -2.01. The molecule has 0 aromatic heterocycles. The number of aliphatic hydroxyl groups excluding tert-OH is 1. The van der Waals surface area contributed by atoms with Gasteiger partial charge in [0.05, 0.1) is 9.82 Å². The van der Waals surface area contributed by atoms with Crippen LogP contribution in [0.5, 0.6) is 0 Å². The fourth-order valence-corrected chi connectivity index (χ4v) is 2.37. The van der Waals surface area contributed by atoms with Gasteiger partial charge >= 0.3 is 0 Å². The van der Waals surface area contributed by atoms with Crippen LogP contribution in [0.2, 0.25) is 0 Å². The number of rotatable bonds is 6. The zero-order valence-electron chi connectivity index (χ0n) is 9.33. The third kappa shape index (κ3) is 3.83. The largest absolute Gasteiger partial charge is 0.396 e. The predicted molar refractivity (Wildman–Crippen MR) is 65.5 cm³/mol. The fourth-order valence-electron chi connectivity index (χ4n) is 1.31. The van der Waals surface area contributed by atoms with Gasteiger partial charge in [0, 0.05) is 23.5 Å². The highest BCUT2D eigenvalue weighted by Gasteiger charge is 2.17. The summed E-state index contributed by atoms with van der Waals surface area (Å²) in [6, 6.07) is 4.38. The van der Waals surface area contributed by atoms with Gasteiger partial charge < -0.3 is 5.11 Å². The minimum Gasteiger partial charge on any atom is -0.396 e. The molecule has 1 rings (SSSR count). The van der Waals surface area contributed by atoms with Crippen LogP contribution in [0, 0.1) is 10.1 Å². The van der Waals surface area contributed by atoms with Crippen LogP contribution in [0.1, 0.15) is 23.7 Å². The molecule has 1 N–H and O–H groups in total. The first-order valence-electron chi connectivity index (χ1n) is 5.09. The Hall–Kier alpha value is -1.40. The molecule has 1 unspecified atom stereocenters.